The molecule has 2 amide bonds. The van der Waals surface area contributed by atoms with Gasteiger partial charge < -0.3 is 20.5 Å². The fourth-order valence-corrected chi connectivity index (χ4v) is 2.03. The summed E-state index contributed by atoms with van der Waals surface area (Å²) in [5, 5.41) is 13.8. The quantitative estimate of drug-likeness (QED) is 0.591. The van der Waals surface area contributed by atoms with Crippen LogP contribution in [0.1, 0.15) is 19.4 Å². The molecule has 0 radical (unpaired) electrons. The van der Waals surface area contributed by atoms with Gasteiger partial charge in [0.2, 0.25) is 11.8 Å². The minimum atomic E-state index is -0.794. The Hall–Kier alpha value is -2.21. The number of hydrogen-bond acceptors (Lipinski definition) is 4. The van der Waals surface area contributed by atoms with E-state index < -0.39 is 30.5 Å². The first-order valence-electron chi connectivity index (χ1n) is 7.17. The molecule has 22 heavy (non-hydrogen) atoms. The van der Waals surface area contributed by atoms with Gasteiger partial charge in [-0.25, -0.2) is 0 Å². The van der Waals surface area contributed by atoms with Crippen molar-refractivity contribution in [3.05, 3.63) is 35.9 Å². The summed E-state index contributed by atoms with van der Waals surface area (Å²) in [5.74, 6) is -1.23. The van der Waals surface area contributed by atoms with Gasteiger partial charge in [-0.05, 0) is 17.9 Å². The van der Waals surface area contributed by atoms with Gasteiger partial charge in [0, 0.05) is 0 Å². The Morgan fingerprint density at radius 2 is 1.82 bits per heavy atom. The molecule has 0 aliphatic rings. The van der Waals surface area contributed by atoms with E-state index in [4.69, 9.17) is 5.11 Å². The van der Waals surface area contributed by atoms with Crippen LogP contribution in [0.25, 0.3) is 0 Å². The van der Waals surface area contributed by atoms with E-state index in [9.17, 15) is 14.4 Å². The van der Waals surface area contributed by atoms with Crippen molar-refractivity contribution in [2.24, 2.45) is 5.92 Å². The van der Waals surface area contributed by atoms with Crippen LogP contribution >= 0.6 is 0 Å². The summed E-state index contributed by atoms with van der Waals surface area (Å²) in [4.78, 5) is 34.7. The molecule has 1 aromatic rings. The van der Waals surface area contributed by atoms with Crippen LogP contribution in [-0.2, 0) is 20.8 Å². The first-order chi connectivity index (χ1) is 10.5. The van der Waals surface area contributed by atoms with Gasteiger partial charge in [-0.2, -0.15) is 0 Å². The van der Waals surface area contributed by atoms with E-state index in [-0.39, 0.29) is 5.92 Å². The van der Waals surface area contributed by atoms with Gasteiger partial charge in [0.15, 0.2) is 0 Å². The van der Waals surface area contributed by atoms with E-state index in [0.717, 1.165) is 5.56 Å². The predicted octanol–water partition coefficient (Wildman–Crippen LogP) is 0.0459. The largest absolute Gasteiger partial charge is 0.387 e. The second kappa shape index (κ2) is 8.94. The SMILES string of the molecule is CC(C)C(NC(=O)CO)C(=O)NC(C=O)Cc1ccccc1. The number of aliphatic hydroxyl groups is 1. The summed E-state index contributed by atoms with van der Waals surface area (Å²) in [5.41, 5.74) is 0.931. The van der Waals surface area contributed by atoms with E-state index in [0.29, 0.717) is 12.7 Å². The van der Waals surface area contributed by atoms with Crippen molar-refractivity contribution in [2.45, 2.75) is 32.4 Å². The molecule has 1 rings (SSSR count). The van der Waals surface area contributed by atoms with Gasteiger partial charge in [-0.3, -0.25) is 9.59 Å². The Balaban J connectivity index is 2.69. The Kier molecular flexibility index (Phi) is 7.25. The summed E-state index contributed by atoms with van der Waals surface area (Å²) >= 11 is 0. The summed E-state index contributed by atoms with van der Waals surface area (Å²) in [7, 11) is 0. The lowest BCUT2D eigenvalue weighted by atomic mass is 10.0. The molecule has 6 heteroatoms. The summed E-state index contributed by atoms with van der Waals surface area (Å²) < 4.78 is 0. The van der Waals surface area contributed by atoms with Crippen molar-refractivity contribution in [1.82, 2.24) is 10.6 Å². The Morgan fingerprint density at radius 1 is 1.18 bits per heavy atom. The van der Waals surface area contributed by atoms with Crippen molar-refractivity contribution < 1.29 is 19.5 Å². The molecule has 1 aromatic carbocycles. The normalized spacial score (nSPS) is 13.3. The van der Waals surface area contributed by atoms with E-state index >= 15 is 0 Å². The van der Waals surface area contributed by atoms with Gasteiger partial charge >= 0.3 is 0 Å². The molecular weight excluding hydrogens is 284 g/mol. The lowest BCUT2D eigenvalue weighted by molar-refractivity contribution is -0.132. The second-order valence-corrected chi connectivity index (χ2v) is 5.39. The third-order valence-corrected chi connectivity index (χ3v) is 3.20. The molecular formula is C16H22N2O4. The molecule has 6 nitrogen and oxygen atoms in total. The number of aliphatic hydroxyl groups excluding tert-OH is 1. The van der Waals surface area contributed by atoms with Crippen molar-refractivity contribution >= 4 is 18.1 Å². The van der Waals surface area contributed by atoms with Gasteiger partial charge in [0.1, 0.15) is 18.9 Å². The topological polar surface area (TPSA) is 95.5 Å². The zero-order valence-corrected chi connectivity index (χ0v) is 12.8. The first-order valence-corrected chi connectivity index (χ1v) is 7.17. The van der Waals surface area contributed by atoms with E-state index in [1.54, 1.807) is 13.8 Å². The molecule has 0 fully saturated rings. The van der Waals surface area contributed by atoms with Crippen LogP contribution in [0.15, 0.2) is 30.3 Å². The molecule has 0 bridgehead atoms. The highest BCUT2D eigenvalue weighted by Gasteiger charge is 2.25. The third kappa shape index (κ3) is 5.65. The number of aldehydes is 1. The molecule has 3 N–H and O–H groups in total. The first kappa shape index (κ1) is 17.8. The number of rotatable bonds is 8. The molecule has 0 aromatic heterocycles. The van der Waals surface area contributed by atoms with Crippen molar-refractivity contribution in [3.8, 4) is 0 Å². The molecule has 0 heterocycles. The van der Waals surface area contributed by atoms with Crippen molar-refractivity contribution in [2.75, 3.05) is 6.61 Å². The van der Waals surface area contributed by atoms with E-state index in [1.165, 1.54) is 0 Å². The predicted molar refractivity (Wildman–Crippen MR) is 82.0 cm³/mol. The van der Waals surface area contributed by atoms with E-state index in [2.05, 4.69) is 10.6 Å². The number of benzene rings is 1. The van der Waals surface area contributed by atoms with Crippen LogP contribution in [0.3, 0.4) is 0 Å². The highest BCUT2D eigenvalue weighted by atomic mass is 16.3. The molecule has 120 valence electrons. The fourth-order valence-electron chi connectivity index (χ4n) is 2.03. The van der Waals surface area contributed by atoms with Crippen LogP contribution in [0, 0.1) is 5.92 Å². The van der Waals surface area contributed by atoms with Crippen LogP contribution in [0.5, 0.6) is 0 Å². The average molecular weight is 306 g/mol. The highest BCUT2D eigenvalue weighted by molar-refractivity contribution is 5.89. The fraction of sp³-hybridized carbons (Fsp3) is 0.438. The average Bonchev–Trinajstić information content (AvgIpc) is 2.52. The lowest BCUT2D eigenvalue weighted by Gasteiger charge is -2.23. The minimum absolute atomic E-state index is 0.167. The van der Waals surface area contributed by atoms with Crippen LogP contribution in [0.4, 0.5) is 0 Å². The molecule has 0 aliphatic carbocycles. The van der Waals surface area contributed by atoms with Crippen molar-refractivity contribution in [1.29, 1.82) is 0 Å². The standard InChI is InChI=1S/C16H22N2O4/c1-11(2)15(18-14(21)10-20)16(22)17-13(9-19)8-12-6-4-3-5-7-12/h3-7,9,11,13,15,20H,8,10H2,1-2H3,(H,17,22)(H,18,21). The number of carbonyl (C=O) groups excluding carboxylic acids is 3. The number of hydrogen-bond donors (Lipinski definition) is 3. The third-order valence-electron chi connectivity index (χ3n) is 3.20. The van der Waals surface area contributed by atoms with Gasteiger partial charge in [0.05, 0.1) is 6.04 Å². The zero-order chi connectivity index (χ0) is 16.5. The van der Waals surface area contributed by atoms with Crippen molar-refractivity contribution in [3.63, 3.8) is 0 Å². The maximum atomic E-state index is 12.2. The van der Waals surface area contributed by atoms with Crippen LogP contribution in [-0.4, -0.2) is 41.9 Å². The van der Waals surface area contributed by atoms with Gasteiger partial charge in [-0.15, -0.1) is 0 Å². The molecule has 0 saturated heterocycles. The maximum absolute atomic E-state index is 12.2. The molecule has 2 unspecified atom stereocenters. The van der Waals surface area contributed by atoms with Gasteiger partial charge in [-0.1, -0.05) is 44.2 Å². The van der Waals surface area contributed by atoms with Crippen LogP contribution < -0.4 is 10.6 Å². The Labute approximate surface area is 129 Å². The zero-order valence-electron chi connectivity index (χ0n) is 12.8. The summed E-state index contributed by atoms with van der Waals surface area (Å²) in [6, 6.07) is 7.87. The number of nitrogens with one attached hydrogen (secondary N) is 2. The Morgan fingerprint density at radius 3 is 2.32 bits per heavy atom. The highest BCUT2D eigenvalue weighted by Crippen LogP contribution is 2.05. The molecule has 0 spiro atoms. The molecule has 0 saturated carbocycles. The smallest absolute Gasteiger partial charge is 0.246 e. The minimum Gasteiger partial charge on any atom is -0.387 e. The van der Waals surface area contributed by atoms with Gasteiger partial charge in [0.25, 0.3) is 0 Å². The summed E-state index contributed by atoms with van der Waals surface area (Å²) in [6.45, 7) is 2.86. The summed E-state index contributed by atoms with van der Waals surface area (Å²) in [6.07, 6.45) is 1.06. The second-order valence-electron chi connectivity index (χ2n) is 5.39. The maximum Gasteiger partial charge on any atom is 0.246 e. The number of carbonyl (C=O) groups is 3. The van der Waals surface area contributed by atoms with Crippen LogP contribution in [0.2, 0.25) is 0 Å². The molecule has 0 aliphatic heterocycles. The lowest BCUT2D eigenvalue weighted by Crippen LogP contribution is -2.53. The van der Waals surface area contributed by atoms with E-state index in [1.807, 2.05) is 30.3 Å². The monoisotopic (exact) mass is 306 g/mol. The number of amides is 2. The Bertz CT molecular complexity index is 502. The molecule has 2 atom stereocenters.